The lowest BCUT2D eigenvalue weighted by atomic mass is 10.2. The Balaban J connectivity index is 2.10. The van der Waals surface area contributed by atoms with E-state index in [-0.39, 0.29) is 5.78 Å². The van der Waals surface area contributed by atoms with E-state index in [0.717, 1.165) is 10.0 Å². The number of rotatable bonds is 3. The zero-order valence-corrected chi connectivity index (χ0v) is 9.98. The summed E-state index contributed by atoms with van der Waals surface area (Å²) in [6.45, 7) is 0. The molecule has 0 fully saturated rings. The van der Waals surface area contributed by atoms with Gasteiger partial charge in [0.25, 0.3) is 0 Å². The van der Waals surface area contributed by atoms with Gasteiger partial charge in [-0.25, -0.2) is 0 Å². The number of ketones is 1. The first-order chi connectivity index (χ1) is 7.75. The number of benzene rings is 1. The van der Waals surface area contributed by atoms with E-state index in [2.05, 4.69) is 15.9 Å². The van der Waals surface area contributed by atoms with Crippen LogP contribution in [0.25, 0.3) is 6.08 Å². The van der Waals surface area contributed by atoms with Crippen LogP contribution in [-0.4, -0.2) is 5.78 Å². The van der Waals surface area contributed by atoms with Crippen LogP contribution in [0.5, 0.6) is 0 Å². The van der Waals surface area contributed by atoms with Crippen molar-refractivity contribution in [2.75, 3.05) is 0 Å². The number of hydrogen-bond donors (Lipinski definition) is 0. The molecule has 0 spiro atoms. The van der Waals surface area contributed by atoms with E-state index in [1.165, 1.54) is 12.3 Å². The normalized spacial score (nSPS) is 10.8. The average molecular weight is 277 g/mol. The molecular weight excluding hydrogens is 268 g/mol. The smallest absolute Gasteiger partial charge is 0.221 e. The fourth-order valence-electron chi connectivity index (χ4n) is 1.25. The van der Waals surface area contributed by atoms with Crippen LogP contribution in [0, 0.1) is 0 Å². The maximum atomic E-state index is 11.6. The molecule has 16 heavy (non-hydrogen) atoms. The Labute approximate surface area is 102 Å². The molecule has 0 aliphatic heterocycles. The van der Waals surface area contributed by atoms with Gasteiger partial charge in [0.2, 0.25) is 5.78 Å². The summed E-state index contributed by atoms with van der Waals surface area (Å²) in [6.07, 6.45) is 4.75. The van der Waals surface area contributed by atoms with Gasteiger partial charge in [-0.05, 0) is 35.9 Å². The van der Waals surface area contributed by atoms with E-state index in [1.54, 1.807) is 18.2 Å². The minimum atomic E-state index is -0.132. The van der Waals surface area contributed by atoms with Crippen molar-refractivity contribution in [2.45, 2.75) is 0 Å². The molecule has 1 aromatic carbocycles. The van der Waals surface area contributed by atoms with Crippen molar-refractivity contribution in [2.24, 2.45) is 0 Å². The van der Waals surface area contributed by atoms with Crippen molar-refractivity contribution < 1.29 is 9.21 Å². The molecule has 0 aliphatic carbocycles. The lowest BCUT2D eigenvalue weighted by Gasteiger charge is -1.93. The minimum absolute atomic E-state index is 0.132. The SMILES string of the molecule is O=C(C=Cc1ccc(Br)cc1)c1ccco1. The molecular formula is C13H9BrO2. The molecule has 0 N–H and O–H groups in total. The number of halogens is 1. The van der Waals surface area contributed by atoms with Gasteiger partial charge < -0.3 is 4.42 Å². The molecule has 1 aromatic heterocycles. The molecule has 2 nitrogen and oxygen atoms in total. The molecule has 0 saturated heterocycles. The predicted octanol–water partition coefficient (Wildman–Crippen LogP) is 3.94. The summed E-state index contributed by atoms with van der Waals surface area (Å²) in [5.74, 6) is 0.223. The zero-order chi connectivity index (χ0) is 11.4. The largest absolute Gasteiger partial charge is 0.461 e. The molecule has 2 aromatic rings. The second-order valence-electron chi connectivity index (χ2n) is 3.23. The molecule has 0 unspecified atom stereocenters. The second-order valence-corrected chi connectivity index (χ2v) is 4.14. The van der Waals surface area contributed by atoms with Gasteiger partial charge in [-0.15, -0.1) is 0 Å². The molecule has 1 heterocycles. The zero-order valence-electron chi connectivity index (χ0n) is 8.39. The maximum absolute atomic E-state index is 11.6. The second kappa shape index (κ2) is 4.94. The van der Waals surface area contributed by atoms with E-state index >= 15 is 0 Å². The lowest BCUT2D eigenvalue weighted by molar-refractivity contribution is 0.102. The first-order valence-corrected chi connectivity index (χ1v) is 5.56. The van der Waals surface area contributed by atoms with Gasteiger partial charge in [0, 0.05) is 4.47 Å². The van der Waals surface area contributed by atoms with Crippen molar-refractivity contribution in [3.8, 4) is 0 Å². The third-order valence-electron chi connectivity index (χ3n) is 2.06. The lowest BCUT2D eigenvalue weighted by Crippen LogP contribution is -1.90. The van der Waals surface area contributed by atoms with Gasteiger partial charge in [0.05, 0.1) is 6.26 Å². The van der Waals surface area contributed by atoms with Crippen LogP contribution in [0.4, 0.5) is 0 Å². The summed E-state index contributed by atoms with van der Waals surface area (Å²) in [7, 11) is 0. The quantitative estimate of drug-likeness (QED) is 0.628. The fourth-order valence-corrected chi connectivity index (χ4v) is 1.51. The number of allylic oxidation sites excluding steroid dienone is 1. The van der Waals surface area contributed by atoms with Gasteiger partial charge in [-0.3, -0.25) is 4.79 Å². The van der Waals surface area contributed by atoms with E-state index < -0.39 is 0 Å². The van der Waals surface area contributed by atoms with E-state index in [9.17, 15) is 4.79 Å². The van der Waals surface area contributed by atoms with Crippen LogP contribution < -0.4 is 0 Å². The van der Waals surface area contributed by atoms with Crippen molar-refractivity contribution >= 4 is 27.8 Å². The predicted molar refractivity (Wildman–Crippen MR) is 66.2 cm³/mol. The van der Waals surface area contributed by atoms with Crippen molar-refractivity contribution in [3.63, 3.8) is 0 Å². The summed E-state index contributed by atoms with van der Waals surface area (Å²) in [4.78, 5) is 11.6. The first kappa shape index (κ1) is 10.9. The van der Waals surface area contributed by atoms with Gasteiger partial charge >= 0.3 is 0 Å². The van der Waals surface area contributed by atoms with Crippen molar-refractivity contribution in [1.82, 2.24) is 0 Å². The average Bonchev–Trinajstić information content (AvgIpc) is 2.81. The summed E-state index contributed by atoms with van der Waals surface area (Å²) in [6, 6.07) is 11.1. The Bertz CT molecular complexity index is 495. The van der Waals surface area contributed by atoms with Crippen molar-refractivity contribution in [3.05, 3.63) is 64.5 Å². The highest BCUT2D eigenvalue weighted by Gasteiger charge is 2.03. The fraction of sp³-hybridized carbons (Fsp3) is 0. The third kappa shape index (κ3) is 2.70. The Hall–Kier alpha value is -1.61. The summed E-state index contributed by atoms with van der Waals surface area (Å²) in [5, 5.41) is 0. The molecule has 0 radical (unpaired) electrons. The molecule has 0 amide bonds. The van der Waals surface area contributed by atoms with Crippen LogP contribution in [0.2, 0.25) is 0 Å². The highest BCUT2D eigenvalue weighted by Crippen LogP contribution is 2.12. The molecule has 0 aliphatic rings. The van der Waals surface area contributed by atoms with Gasteiger partial charge in [0.15, 0.2) is 5.76 Å². The molecule has 80 valence electrons. The van der Waals surface area contributed by atoms with Crippen LogP contribution in [0.3, 0.4) is 0 Å². The van der Waals surface area contributed by atoms with Crippen LogP contribution >= 0.6 is 15.9 Å². The molecule has 0 bridgehead atoms. The first-order valence-electron chi connectivity index (χ1n) is 4.77. The number of carbonyl (C=O) groups is 1. The van der Waals surface area contributed by atoms with Gasteiger partial charge in [-0.1, -0.05) is 34.1 Å². The highest BCUT2D eigenvalue weighted by atomic mass is 79.9. The number of hydrogen-bond acceptors (Lipinski definition) is 2. The summed E-state index contributed by atoms with van der Waals surface area (Å²) in [5.41, 5.74) is 0.975. The Morgan fingerprint density at radius 3 is 2.56 bits per heavy atom. The molecule has 2 rings (SSSR count). The van der Waals surface area contributed by atoms with E-state index in [0.29, 0.717) is 5.76 Å². The Morgan fingerprint density at radius 2 is 1.94 bits per heavy atom. The Morgan fingerprint density at radius 1 is 1.19 bits per heavy atom. The minimum Gasteiger partial charge on any atom is -0.461 e. The standard InChI is InChI=1S/C13H9BrO2/c14-11-6-3-10(4-7-11)5-8-12(15)13-2-1-9-16-13/h1-9H. The van der Waals surface area contributed by atoms with Crippen LogP contribution in [0.1, 0.15) is 16.1 Å². The van der Waals surface area contributed by atoms with E-state index in [4.69, 9.17) is 4.42 Å². The van der Waals surface area contributed by atoms with Crippen LogP contribution in [-0.2, 0) is 0 Å². The molecule has 0 saturated carbocycles. The number of carbonyl (C=O) groups excluding carboxylic acids is 1. The van der Waals surface area contributed by atoms with Crippen LogP contribution in [0.15, 0.2) is 57.6 Å². The monoisotopic (exact) mass is 276 g/mol. The van der Waals surface area contributed by atoms with Crippen molar-refractivity contribution in [1.29, 1.82) is 0 Å². The summed E-state index contributed by atoms with van der Waals surface area (Å²) < 4.78 is 6.01. The van der Waals surface area contributed by atoms with Gasteiger partial charge in [-0.2, -0.15) is 0 Å². The number of furan rings is 1. The molecule has 3 heteroatoms. The topological polar surface area (TPSA) is 30.2 Å². The maximum Gasteiger partial charge on any atom is 0.221 e. The Kier molecular flexibility index (Phi) is 3.37. The molecule has 0 atom stereocenters. The third-order valence-corrected chi connectivity index (χ3v) is 2.59. The highest BCUT2D eigenvalue weighted by molar-refractivity contribution is 9.10. The van der Waals surface area contributed by atoms with E-state index in [1.807, 2.05) is 24.3 Å². The summed E-state index contributed by atoms with van der Waals surface area (Å²) >= 11 is 3.35. The van der Waals surface area contributed by atoms with Gasteiger partial charge in [0.1, 0.15) is 0 Å².